The lowest BCUT2D eigenvalue weighted by Gasteiger charge is -2.28. The second-order valence-electron chi connectivity index (χ2n) is 5.28. The van der Waals surface area contributed by atoms with Gasteiger partial charge in [0, 0.05) is 17.8 Å². The lowest BCUT2D eigenvalue weighted by Crippen LogP contribution is -2.15. The molecule has 1 fully saturated rings. The molecule has 1 aliphatic rings. The Balaban J connectivity index is 2.07. The van der Waals surface area contributed by atoms with E-state index in [0.717, 1.165) is 6.04 Å². The SMILES string of the molecule is CC(C)c1ccc2c(ccn2C2CCC2)c1. The molecule has 0 saturated heterocycles. The van der Waals surface area contributed by atoms with Crippen LogP contribution in [0.1, 0.15) is 50.6 Å². The standard InChI is InChI=1S/C15H19N/c1-11(2)12-6-7-15-13(10-12)8-9-16(15)14-4-3-5-14/h6-11,14H,3-5H2,1-2H3. The first-order valence-corrected chi connectivity index (χ1v) is 6.36. The number of aromatic nitrogens is 1. The minimum Gasteiger partial charge on any atom is -0.344 e. The van der Waals surface area contributed by atoms with Crippen molar-refractivity contribution in [1.29, 1.82) is 0 Å². The molecule has 0 N–H and O–H groups in total. The molecular weight excluding hydrogens is 194 g/mol. The summed E-state index contributed by atoms with van der Waals surface area (Å²) in [6, 6.07) is 9.95. The first-order valence-electron chi connectivity index (χ1n) is 6.36. The number of hydrogen-bond donors (Lipinski definition) is 0. The second-order valence-corrected chi connectivity index (χ2v) is 5.28. The molecule has 0 atom stereocenters. The summed E-state index contributed by atoms with van der Waals surface area (Å²) < 4.78 is 2.46. The van der Waals surface area contributed by atoms with Gasteiger partial charge in [0.1, 0.15) is 0 Å². The molecule has 0 unspecified atom stereocenters. The molecule has 1 aromatic carbocycles. The lowest BCUT2D eigenvalue weighted by molar-refractivity contribution is 0.321. The molecule has 0 aliphatic heterocycles. The third-order valence-electron chi connectivity index (χ3n) is 3.88. The van der Waals surface area contributed by atoms with Crippen LogP contribution in [0.2, 0.25) is 0 Å². The zero-order chi connectivity index (χ0) is 11.1. The quantitative estimate of drug-likeness (QED) is 0.692. The minimum absolute atomic E-state index is 0.622. The Kier molecular flexibility index (Phi) is 2.27. The van der Waals surface area contributed by atoms with Crippen LogP contribution in [-0.4, -0.2) is 4.57 Å². The van der Waals surface area contributed by atoms with Gasteiger partial charge in [-0.3, -0.25) is 0 Å². The maximum absolute atomic E-state index is 2.46. The number of nitrogens with zero attached hydrogens (tertiary/aromatic N) is 1. The van der Waals surface area contributed by atoms with Crippen molar-refractivity contribution < 1.29 is 0 Å². The third-order valence-corrected chi connectivity index (χ3v) is 3.88. The van der Waals surface area contributed by atoms with Crippen LogP contribution in [0.4, 0.5) is 0 Å². The molecule has 1 aliphatic carbocycles. The van der Waals surface area contributed by atoms with E-state index in [1.54, 1.807) is 0 Å². The van der Waals surface area contributed by atoms with Gasteiger partial charge in [-0.05, 0) is 54.3 Å². The van der Waals surface area contributed by atoms with Gasteiger partial charge in [-0.1, -0.05) is 19.9 Å². The van der Waals surface area contributed by atoms with Gasteiger partial charge in [0.15, 0.2) is 0 Å². The predicted octanol–water partition coefficient (Wildman–Crippen LogP) is 4.49. The van der Waals surface area contributed by atoms with Crippen molar-refractivity contribution in [2.45, 2.75) is 45.1 Å². The van der Waals surface area contributed by atoms with Gasteiger partial charge in [0.2, 0.25) is 0 Å². The lowest BCUT2D eigenvalue weighted by atomic mass is 9.93. The maximum Gasteiger partial charge on any atom is 0.0483 e. The Labute approximate surface area is 97.1 Å². The fourth-order valence-electron chi connectivity index (χ4n) is 2.52. The van der Waals surface area contributed by atoms with Gasteiger partial charge in [-0.25, -0.2) is 0 Å². The Morgan fingerprint density at radius 1 is 1.19 bits per heavy atom. The van der Waals surface area contributed by atoms with E-state index in [0.29, 0.717) is 5.92 Å². The summed E-state index contributed by atoms with van der Waals surface area (Å²) in [4.78, 5) is 0. The maximum atomic E-state index is 2.46. The number of hydrogen-bond acceptors (Lipinski definition) is 0. The van der Waals surface area contributed by atoms with Crippen molar-refractivity contribution in [1.82, 2.24) is 4.57 Å². The molecule has 0 spiro atoms. The van der Waals surface area contributed by atoms with Gasteiger partial charge >= 0.3 is 0 Å². The number of rotatable bonds is 2. The van der Waals surface area contributed by atoms with Crippen LogP contribution in [0.5, 0.6) is 0 Å². The summed E-state index contributed by atoms with van der Waals surface area (Å²) in [5.41, 5.74) is 2.85. The van der Waals surface area contributed by atoms with Crippen LogP contribution in [0.25, 0.3) is 10.9 Å². The van der Waals surface area contributed by atoms with Crippen molar-refractivity contribution in [2.75, 3.05) is 0 Å². The van der Waals surface area contributed by atoms with Crippen molar-refractivity contribution in [3.8, 4) is 0 Å². The molecule has 0 amide bonds. The largest absolute Gasteiger partial charge is 0.344 e. The molecule has 1 heteroatoms. The summed E-state index contributed by atoms with van der Waals surface area (Å²) in [6.07, 6.45) is 6.37. The van der Waals surface area contributed by atoms with Crippen molar-refractivity contribution in [2.24, 2.45) is 0 Å². The monoisotopic (exact) mass is 213 g/mol. The Hall–Kier alpha value is -1.24. The Morgan fingerprint density at radius 3 is 2.62 bits per heavy atom. The molecule has 1 saturated carbocycles. The molecule has 0 radical (unpaired) electrons. The average molecular weight is 213 g/mol. The van der Waals surface area contributed by atoms with Crippen molar-refractivity contribution >= 4 is 10.9 Å². The first-order chi connectivity index (χ1) is 7.75. The minimum atomic E-state index is 0.622. The van der Waals surface area contributed by atoms with Crippen LogP contribution in [0.3, 0.4) is 0 Å². The molecule has 1 nitrogen and oxygen atoms in total. The fourth-order valence-corrected chi connectivity index (χ4v) is 2.52. The number of fused-ring (bicyclic) bond motifs is 1. The topological polar surface area (TPSA) is 4.93 Å². The van der Waals surface area contributed by atoms with E-state index in [2.05, 4.69) is 48.9 Å². The second kappa shape index (κ2) is 3.65. The summed E-state index contributed by atoms with van der Waals surface area (Å²) in [5, 5.41) is 1.40. The summed E-state index contributed by atoms with van der Waals surface area (Å²) in [5.74, 6) is 0.622. The molecule has 1 aromatic heterocycles. The molecular formula is C15H19N. The Bertz CT molecular complexity index is 503. The van der Waals surface area contributed by atoms with E-state index < -0.39 is 0 Å². The molecule has 16 heavy (non-hydrogen) atoms. The molecule has 0 bridgehead atoms. The van der Waals surface area contributed by atoms with Crippen LogP contribution in [-0.2, 0) is 0 Å². The van der Waals surface area contributed by atoms with E-state index in [4.69, 9.17) is 0 Å². The van der Waals surface area contributed by atoms with E-state index in [1.165, 1.54) is 35.7 Å². The van der Waals surface area contributed by atoms with Crippen LogP contribution < -0.4 is 0 Å². The zero-order valence-electron chi connectivity index (χ0n) is 10.1. The van der Waals surface area contributed by atoms with Crippen LogP contribution in [0, 0.1) is 0 Å². The van der Waals surface area contributed by atoms with E-state index >= 15 is 0 Å². The van der Waals surface area contributed by atoms with Crippen LogP contribution in [0.15, 0.2) is 30.5 Å². The summed E-state index contributed by atoms with van der Waals surface area (Å²) in [6.45, 7) is 4.51. The smallest absolute Gasteiger partial charge is 0.0483 e. The molecule has 84 valence electrons. The van der Waals surface area contributed by atoms with E-state index in [9.17, 15) is 0 Å². The Morgan fingerprint density at radius 2 is 2.00 bits per heavy atom. The predicted molar refractivity (Wildman–Crippen MR) is 68.9 cm³/mol. The van der Waals surface area contributed by atoms with Gasteiger partial charge < -0.3 is 4.57 Å². The molecule has 1 heterocycles. The highest BCUT2D eigenvalue weighted by Crippen LogP contribution is 2.35. The number of benzene rings is 1. The highest BCUT2D eigenvalue weighted by molar-refractivity contribution is 5.81. The molecule has 3 rings (SSSR count). The van der Waals surface area contributed by atoms with Crippen LogP contribution >= 0.6 is 0 Å². The van der Waals surface area contributed by atoms with Gasteiger partial charge in [-0.2, -0.15) is 0 Å². The van der Waals surface area contributed by atoms with E-state index in [-0.39, 0.29) is 0 Å². The van der Waals surface area contributed by atoms with E-state index in [1.807, 2.05) is 0 Å². The van der Waals surface area contributed by atoms with Crippen molar-refractivity contribution in [3.05, 3.63) is 36.0 Å². The van der Waals surface area contributed by atoms with Crippen molar-refractivity contribution in [3.63, 3.8) is 0 Å². The fraction of sp³-hybridized carbons (Fsp3) is 0.467. The summed E-state index contributed by atoms with van der Waals surface area (Å²) in [7, 11) is 0. The third kappa shape index (κ3) is 1.46. The van der Waals surface area contributed by atoms with Gasteiger partial charge in [0.25, 0.3) is 0 Å². The van der Waals surface area contributed by atoms with Gasteiger partial charge in [0.05, 0.1) is 0 Å². The first kappa shape index (κ1) is 9.95. The van der Waals surface area contributed by atoms with Gasteiger partial charge in [-0.15, -0.1) is 0 Å². The average Bonchev–Trinajstić information content (AvgIpc) is 2.59. The molecule has 2 aromatic rings. The zero-order valence-corrected chi connectivity index (χ0v) is 10.1. The highest BCUT2D eigenvalue weighted by atomic mass is 15.0. The summed E-state index contributed by atoms with van der Waals surface area (Å²) >= 11 is 0. The highest BCUT2D eigenvalue weighted by Gasteiger charge is 2.20. The normalized spacial score (nSPS) is 16.9.